The van der Waals surface area contributed by atoms with E-state index in [-0.39, 0.29) is 11.5 Å². The van der Waals surface area contributed by atoms with Gasteiger partial charge in [0.05, 0.1) is 14.2 Å². The molecule has 0 aliphatic heterocycles. The number of carbonyl (C=O) groups excluding carboxylic acids is 1. The molecular formula is C23H20N2O4. The molecular weight excluding hydrogens is 368 g/mol. The van der Waals surface area contributed by atoms with Gasteiger partial charge in [0.1, 0.15) is 17.2 Å². The molecule has 0 fully saturated rings. The summed E-state index contributed by atoms with van der Waals surface area (Å²) in [7, 11) is 3.04. The Morgan fingerprint density at radius 1 is 0.828 bits per heavy atom. The normalized spacial score (nSPS) is 11.8. The monoisotopic (exact) mass is 388 g/mol. The summed E-state index contributed by atoms with van der Waals surface area (Å²) in [6, 6.07) is 22.4. The van der Waals surface area contributed by atoms with Crippen molar-refractivity contribution in [3.05, 3.63) is 95.7 Å². The summed E-state index contributed by atoms with van der Waals surface area (Å²) < 4.78 is 10.5. The third-order valence-corrected chi connectivity index (χ3v) is 4.17. The lowest BCUT2D eigenvalue weighted by atomic mass is 10.1. The average molecular weight is 388 g/mol. The van der Waals surface area contributed by atoms with E-state index in [1.807, 2.05) is 6.07 Å². The Balaban J connectivity index is 2.10. The highest BCUT2D eigenvalue weighted by molar-refractivity contribution is 6.12. The molecule has 3 aromatic carbocycles. The molecule has 1 N–H and O–H groups in total. The highest BCUT2D eigenvalue weighted by Crippen LogP contribution is 2.33. The summed E-state index contributed by atoms with van der Waals surface area (Å²) in [5, 5.41) is 19.0. The molecule has 0 bridgehead atoms. The van der Waals surface area contributed by atoms with Crippen LogP contribution in [0.1, 0.15) is 15.9 Å². The second kappa shape index (κ2) is 9.32. The fraction of sp³-hybridized carbons (Fsp3) is 0.0870. The molecule has 3 aromatic rings. The SMILES string of the molecule is COc1ccc(OC)c(N=NC(C(=O)c2ccccc2)=C(O)c2ccccc2)c1. The van der Waals surface area contributed by atoms with Gasteiger partial charge in [-0.05, 0) is 12.1 Å². The van der Waals surface area contributed by atoms with Crippen LogP contribution in [0.3, 0.4) is 0 Å². The Labute approximate surface area is 168 Å². The second-order valence-electron chi connectivity index (χ2n) is 6.00. The maximum absolute atomic E-state index is 13.0. The largest absolute Gasteiger partial charge is 0.505 e. The Bertz CT molecular complexity index is 1040. The maximum atomic E-state index is 13.0. The number of rotatable bonds is 7. The molecule has 146 valence electrons. The van der Waals surface area contributed by atoms with Crippen LogP contribution in [0.4, 0.5) is 5.69 Å². The number of ketones is 1. The number of carbonyl (C=O) groups is 1. The van der Waals surface area contributed by atoms with Crippen LogP contribution in [-0.4, -0.2) is 25.1 Å². The minimum atomic E-state index is -0.447. The number of allylic oxidation sites excluding steroid dienone is 1. The van der Waals surface area contributed by atoms with Crippen LogP contribution >= 0.6 is 0 Å². The van der Waals surface area contributed by atoms with Crippen molar-refractivity contribution >= 4 is 17.2 Å². The summed E-state index contributed by atoms with van der Waals surface area (Å²) in [6.07, 6.45) is 0. The number of aliphatic hydroxyl groups excluding tert-OH is 1. The lowest BCUT2D eigenvalue weighted by Gasteiger charge is -2.08. The first-order valence-corrected chi connectivity index (χ1v) is 8.86. The zero-order valence-electron chi connectivity index (χ0n) is 16.1. The fourth-order valence-corrected chi connectivity index (χ4v) is 2.64. The van der Waals surface area contributed by atoms with E-state index >= 15 is 0 Å². The molecule has 0 radical (unpaired) electrons. The first-order valence-electron chi connectivity index (χ1n) is 8.86. The molecule has 0 atom stereocenters. The van der Waals surface area contributed by atoms with Crippen molar-refractivity contribution in [1.29, 1.82) is 0 Å². The third-order valence-electron chi connectivity index (χ3n) is 4.17. The van der Waals surface area contributed by atoms with Crippen molar-refractivity contribution < 1.29 is 19.4 Å². The van der Waals surface area contributed by atoms with Crippen LogP contribution in [0, 0.1) is 0 Å². The van der Waals surface area contributed by atoms with Crippen LogP contribution in [0.5, 0.6) is 11.5 Å². The number of Topliss-reactive ketones (excluding diaryl/α,β-unsaturated/α-hetero) is 1. The van der Waals surface area contributed by atoms with Crippen LogP contribution in [-0.2, 0) is 0 Å². The maximum Gasteiger partial charge on any atom is 0.217 e. The average Bonchev–Trinajstić information content (AvgIpc) is 2.79. The summed E-state index contributed by atoms with van der Waals surface area (Å²) in [5.74, 6) is 0.315. The van der Waals surface area contributed by atoms with Gasteiger partial charge in [-0.2, -0.15) is 0 Å². The van der Waals surface area contributed by atoms with Crippen LogP contribution < -0.4 is 9.47 Å². The highest BCUT2D eigenvalue weighted by Gasteiger charge is 2.19. The van der Waals surface area contributed by atoms with Gasteiger partial charge in [0, 0.05) is 17.2 Å². The summed E-state index contributed by atoms with van der Waals surface area (Å²) >= 11 is 0. The minimum Gasteiger partial charge on any atom is -0.505 e. The van der Waals surface area contributed by atoms with Gasteiger partial charge >= 0.3 is 0 Å². The van der Waals surface area contributed by atoms with E-state index in [2.05, 4.69) is 10.2 Å². The van der Waals surface area contributed by atoms with Crippen molar-refractivity contribution in [2.24, 2.45) is 10.2 Å². The number of ether oxygens (including phenoxy) is 2. The van der Waals surface area contributed by atoms with E-state index in [1.165, 1.54) is 14.2 Å². The van der Waals surface area contributed by atoms with Crippen molar-refractivity contribution in [1.82, 2.24) is 0 Å². The van der Waals surface area contributed by atoms with Crippen LogP contribution in [0.15, 0.2) is 94.8 Å². The zero-order chi connectivity index (χ0) is 20.6. The highest BCUT2D eigenvalue weighted by atomic mass is 16.5. The fourth-order valence-electron chi connectivity index (χ4n) is 2.64. The summed E-state index contributed by atoms with van der Waals surface area (Å²) in [5.41, 5.74) is 1.04. The Morgan fingerprint density at radius 3 is 2.03 bits per heavy atom. The standard InChI is InChI=1S/C23H20N2O4/c1-28-18-13-14-20(29-2)19(15-18)24-25-21(22(26)16-9-5-3-6-10-16)23(27)17-11-7-4-8-12-17/h3-15,26H,1-2H3. The number of nitrogens with zero attached hydrogens (tertiary/aromatic N) is 2. The van der Waals surface area contributed by atoms with Crippen molar-refractivity contribution in [3.8, 4) is 11.5 Å². The van der Waals surface area contributed by atoms with Crippen LogP contribution in [0.25, 0.3) is 5.76 Å². The quantitative estimate of drug-likeness (QED) is 0.247. The molecule has 0 spiro atoms. The van der Waals surface area contributed by atoms with Gasteiger partial charge in [-0.1, -0.05) is 60.7 Å². The summed E-state index contributed by atoms with van der Waals surface area (Å²) in [4.78, 5) is 13.0. The van der Waals surface area contributed by atoms with Crippen molar-refractivity contribution in [3.63, 3.8) is 0 Å². The van der Waals surface area contributed by atoms with Gasteiger partial charge in [-0.15, -0.1) is 10.2 Å². The van der Waals surface area contributed by atoms with Gasteiger partial charge < -0.3 is 14.6 Å². The number of azo groups is 1. The van der Waals surface area contributed by atoms with Gasteiger partial charge in [0.25, 0.3) is 0 Å². The Morgan fingerprint density at radius 2 is 1.45 bits per heavy atom. The molecule has 0 saturated heterocycles. The molecule has 3 rings (SSSR count). The second-order valence-corrected chi connectivity index (χ2v) is 6.00. The topological polar surface area (TPSA) is 80.5 Å². The Kier molecular flexibility index (Phi) is 6.37. The Hall–Kier alpha value is -3.93. The molecule has 6 heteroatoms. The van der Waals surface area contributed by atoms with E-state index < -0.39 is 5.78 Å². The molecule has 0 amide bonds. The predicted molar refractivity (Wildman–Crippen MR) is 111 cm³/mol. The molecule has 6 nitrogen and oxygen atoms in total. The van der Waals surface area contributed by atoms with E-state index in [4.69, 9.17) is 9.47 Å². The first-order chi connectivity index (χ1) is 14.1. The number of hydrogen-bond donors (Lipinski definition) is 1. The lowest BCUT2D eigenvalue weighted by Crippen LogP contribution is -2.04. The number of aliphatic hydroxyl groups is 1. The van der Waals surface area contributed by atoms with Crippen molar-refractivity contribution in [2.45, 2.75) is 0 Å². The molecule has 0 aliphatic carbocycles. The lowest BCUT2D eigenvalue weighted by molar-refractivity contribution is 0.103. The number of hydrogen-bond acceptors (Lipinski definition) is 6. The van der Waals surface area contributed by atoms with Gasteiger partial charge in [-0.25, -0.2) is 0 Å². The number of methoxy groups -OCH3 is 2. The van der Waals surface area contributed by atoms with Gasteiger partial charge in [-0.3, -0.25) is 4.79 Å². The molecule has 0 saturated carbocycles. The first kappa shape index (κ1) is 19.8. The molecule has 0 aliphatic rings. The van der Waals surface area contributed by atoms with E-state index in [0.717, 1.165) is 0 Å². The predicted octanol–water partition coefficient (Wildman–Crippen LogP) is 5.60. The van der Waals surface area contributed by atoms with Gasteiger partial charge in [0.15, 0.2) is 11.5 Å². The summed E-state index contributed by atoms with van der Waals surface area (Å²) in [6.45, 7) is 0. The van der Waals surface area contributed by atoms with Crippen LogP contribution in [0.2, 0.25) is 0 Å². The van der Waals surface area contributed by atoms with Crippen molar-refractivity contribution in [2.75, 3.05) is 14.2 Å². The zero-order valence-corrected chi connectivity index (χ0v) is 16.1. The van der Waals surface area contributed by atoms with E-state index in [0.29, 0.717) is 28.3 Å². The van der Waals surface area contributed by atoms with Gasteiger partial charge in [0.2, 0.25) is 5.78 Å². The molecule has 0 heterocycles. The molecule has 29 heavy (non-hydrogen) atoms. The number of benzene rings is 3. The molecule has 0 aromatic heterocycles. The molecule has 0 unspecified atom stereocenters. The third kappa shape index (κ3) is 4.68. The van der Waals surface area contributed by atoms with E-state index in [1.54, 1.807) is 72.8 Å². The van der Waals surface area contributed by atoms with E-state index in [9.17, 15) is 9.90 Å². The minimum absolute atomic E-state index is 0.174. The smallest absolute Gasteiger partial charge is 0.217 e.